The summed E-state index contributed by atoms with van der Waals surface area (Å²) in [5.41, 5.74) is 2.44. The molecule has 7 rings (SSSR count). The Labute approximate surface area is 317 Å². The number of carbonyl (C=O) groups is 2. The number of hydrogen-bond acceptors (Lipinski definition) is 5. The summed E-state index contributed by atoms with van der Waals surface area (Å²) in [6.07, 6.45) is 4.87. The van der Waals surface area contributed by atoms with Crippen molar-refractivity contribution < 1.29 is 54.2 Å². The molecular formula is C39H33ClF6N2O6S. The molecule has 0 heterocycles. The second kappa shape index (κ2) is 14.8. The highest BCUT2D eigenvalue weighted by Gasteiger charge is 2.43. The van der Waals surface area contributed by atoms with Gasteiger partial charge >= 0.3 is 5.97 Å². The van der Waals surface area contributed by atoms with Crippen LogP contribution in [-0.4, -0.2) is 41.9 Å². The maximum atomic E-state index is 15.2. The third kappa shape index (κ3) is 7.92. The van der Waals surface area contributed by atoms with Crippen LogP contribution in [0.1, 0.15) is 89.9 Å². The molecule has 0 aliphatic heterocycles. The van der Waals surface area contributed by atoms with Crippen molar-refractivity contribution in [1.29, 1.82) is 0 Å². The van der Waals surface area contributed by atoms with Crippen LogP contribution in [0.15, 0.2) is 59.5 Å². The zero-order valence-corrected chi connectivity index (χ0v) is 30.7. The van der Waals surface area contributed by atoms with Gasteiger partial charge in [0.15, 0.2) is 28.2 Å². The van der Waals surface area contributed by atoms with E-state index in [4.69, 9.17) is 16.3 Å². The summed E-state index contributed by atoms with van der Waals surface area (Å²) >= 11 is 6.22. The second-order valence-corrected chi connectivity index (χ2v) is 16.4. The van der Waals surface area contributed by atoms with Gasteiger partial charge in [0, 0.05) is 11.6 Å². The standard InChI is InChI=1S/C39H33ClF6N2O6S/c1-19(48(18-24-6-8-27(41)16-29(24)40)55(52,53)37-35(45)33(43)32(42)34(44)36(37)46)38(49)47(30-11-7-23(39(50)51)15-31(30)54-28-9-10-28)17-20-12-25(21-2-3-21)14-26(13-20)22-4-5-22/h6-8,11-16,19,21-22,28H,2-5,9-10,17-18H2,1H3,(H,50,51)/t19-/m0/s1. The molecule has 0 unspecified atom stereocenters. The third-order valence-corrected chi connectivity index (χ3v) is 12.2. The maximum Gasteiger partial charge on any atom is 0.335 e. The zero-order chi connectivity index (χ0) is 39.5. The van der Waals surface area contributed by atoms with Crippen LogP contribution in [0.4, 0.5) is 32.0 Å². The molecule has 1 atom stereocenters. The van der Waals surface area contributed by atoms with E-state index in [2.05, 4.69) is 6.07 Å². The van der Waals surface area contributed by atoms with E-state index in [9.17, 15) is 40.7 Å². The van der Waals surface area contributed by atoms with Gasteiger partial charge in [0.2, 0.25) is 21.7 Å². The molecule has 55 heavy (non-hydrogen) atoms. The molecule has 290 valence electrons. The lowest BCUT2D eigenvalue weighted by molar-refractivity contribution is -0.122. The molecule has 1 amide bonds. The van der Waals surface area contributed by atoms with Gasteiger partial charge in [0.25, 0.3) is 0 Å². The highest BCUT2D eigenvalue weighted by molar-refractivity contribution is 7.89. The summed E-state index contributed by atoms with van der Waals surface area (Å²) in [5.74, 6) is -15.5. The number of amides is 1. The summed E-state index contributed by atoms with van der Waals surface area (Å²) in [4.78, 5) is 25.9. The normalized spacial score (nSPS) is 16.3. The smallest absolute Gasteiger partial charge is 0.335 e. The lowest BCUT2D eigenvalue weighted by atomic mass is 9.99. The van der Waals surface area contributed by atoms with Crippen molar-refractivity contribution in [2.75, 3.05) is 4.90 Å². The SMILES string of the molecule is C[C@@H](C(=O)N(Cc1cc(C2CC2)cc(C2CC2)c1)c1ccc(C(=O)O)cc1OC1CC1)N(Cc1ccc(F)cc1Cl)S(=O)(=O)c1c(F)c(F)c(F)c(F)c1F. The van der Waals surface area contributed by atoms with Crippen molar-refractivity contribution in [3.05, 3.63) is 122 Å². The monoisotopic (exact) mass is 806 g/mol. The van der Waals surface area contributed by atoms with Crippen molar-refractivity contribution in [3.8, 4) is 5.75 Å². The molecule has 0 spiro atoms. The molecule has 3 saturated carbocycles. The van der Waals surface area contributed by atoms with E-state index in [0.29, 0.717) is 30.2 Å². The van der Waals surface area contributed by atoms with Crippen LogP contribution < -0.4 is 9.64 Å². The molecular weight excluding hydrogens is 774 g/mol. The van der Waals surface area contributed by atoms with Gasteiger partial charge in [-0.2, -0.15) is 4.31 Å². The Kier molecular flexibility index (Phi) is 10.4. The molecule has 3 aliphatic rings. The molecule has 4 aromatic carbocycles. The number of hydrogen-bond donors (Lipinski definition) is 1. The number of aromatic carboxylic acids is 1. The molecule has 0 bridgehead atoms. The predicted octanol–water partition coefficient (Wildman–Crippen LogP) is 8.98. The Morgan fingerprint density at radius 1 is 0.800 bits per heavy atom. The fourth-order valence-corrected chi connectivity index (χ4v) is 8.37. The van der Waals surface area contributed by atoms with Crippen LogP contribution in [0.3, 0.4) is 0 Å². The largest absolute Gasteiger partial charge is 0.488 e. The van der Waals surface area contributed by atoms with Gasteiger partial charge < -0.3 is 14.7 Å². The van der Waals surface area contributed by atoms with E-state index in [1.54, 1.807) is 0 Å². The number of sulfonamides is 1. The van der Waals surface area contributed by atoms with Crippen LogP contribution in [-0.2, 0) is 27.9 Å². The lowest BCUT2D eigenvalue weighted by Gasteiger charge is -2.33. The van der Waals surface area contributed by atoms with Gasteiger partial charge in [-0.05, 0) is 110 Å². The van der Waals surface area contributed by atoms with Crippen LogP contribution in [0.5, 0.6) is 5.75 Å². The van der Waals surface area contributed by atoms with Gasteiger partial charge in [0.1, 0.15) is 17.6 Å². The highest BCUT2D eigenvalue weighted by Crippen LogP contribution is 2.46. The van der Waals surface area contributed by atoms with Gasteiger partial charge in [-0.1, -0.05) is 35.9 Å². The van der Waals surface area contributed by atoms with E-state index < -0.39 is 74.3 Å². The lowest BCUT2D eigenvalue weighted by Crippen LogP contribution is -2.49. The second-order valence-electron chi connectivity index (χ2n) is 14.1. The Morgan fingerprint density at radius 2 is 1.38 bits per heavy atom. The molecule has 0 radical (unpaired) electrons. The minimum atomic E-state index is -5.81. The fourth-order valence-electron chi connectivity index (χ4n) is 6.46. The van der Waals surface area contributed by atoms with Crippen molar-refractivity contribution in [2.45, 2.75) is 87.4 Å². The number of anilines is 1. The average molecular weight is 807 g/mol. The van der Waals surface area contributed by atoms with Gasteiger partial charge in [-0.3, -0.25) is 4.79 Å². The summed E-state index contributed by atoms with van der Waals surface area (Å²) in [6, 6.07) is 10.5. The first-order valence-corrected chi connectivity index (χ1v) is 19.3. The molecule has 0 aromatic heterocycles. The van der Waals surface area contributed by atoms with E-state index in [1.807, 2.05) is 12.1 Å². The number of ether oxygens (including phenoxy) is 1. The van der Waals surface area contributed by atoms with Crippen LogP contribution in [0.25, 0.3) is 0 Å². The topological polar surface area (TPSA) is 104 Å². The first-order chi connectivity index (χ1) is 26.0. The van der Waals surface area contributed by atoms with Crippen molar-refractivity contribution >= 4 is 39.2 Å². The van der Waals surface area contributed by atoms with E-state index in [0.717, 1.165) is 66.8 Å². The predicted molar refractivity (Wildman–Crippen MR) is 188 cm³/mol. The molecule has 3 aliphatic carbocycles. The third-order valence-electron chi connectivity index (χ3n) is 9.92. The molecule has 0 saturated heterocycles. The van der Waals surface area contributed by atoms with Crippen LogP contribution in [0, 0.1) is 34.9 Å². The van der Waals surface area contributed by atoms with Crippen molar-refractivity contribution in [2.24, 2.45) is 0 Å². The summed E-state index contributed by atoms with van der Waals surface area (Å²) in [6.45, 7) is -0.141. The summed E-state index contributed by atoms with van der Waals surface area (Å²) in [7, 11) is -5.81. The quantitative estimate of drug-likeness (QED) is 0.0776. The van der Waals surface area contributed by atoms with E-state index in [1.165, 1.54) is 18.2 Å². The Bertz CT molecular complexity index is 2270. The number of nitrogens with zero attached hydrogens (tertiary/aromatic N) is 2. The van der Waals surface area contributed by atoms with Crippen LogP contribution in [0.2, 0.25) is 5.02 Å². The number of rotatable bonds is 14. The fraction of sp³-hybridized carbons (Fsp3) is 0.333. The first-order valence-electron chi connectivity index (χ1n) is 17.5. The molecule has 16 heteroatoms. The molecule has 3 fully saturated rings. The minimum absolute atomic E-state index is 0.0144. The molecule has 4 aromatic rings. The van der Waals surface area contributed by atoms with E-state index >= 15 is 8.78 Å². The Morgan fingerprint density at radius 3 is 1.91 bits per heavy atom. The number of benzene rings is 4. The average Bonchev–Trinajstić information content (AvgIpc) is 3.98. The van der Waals surface area contributed by atoms with Gasteiger partial charge in [0.05, 0.1) is 23.9 Å². The highest BCUT2D eigenvalue weighted by atomic mass is 35.5. The minimum Gasteiger partial charge on any atom is -0.488 e. The molecule has 8 nitrogen and oxygen atoms in total. The van der Waals surface area contributed by atoms with Crippen LogP contribution >= 0.6 is 11.6 Å². The van der Waals surface area contributed by atoms with Gasteiger partial charge in [-0.25, -0.2) is 39.6 Å². The number of halogens is 7. The van der Waals surface area contributed by atoms with Gasteiger partial charge in [-0.15, -0.1) is 0 Å². The summed E-state index contributed by atoms with van der Waals surface area (Å²) in [5, 5.41) is 9.41. The van der Waals surface area contributed by atoms with Crippen molar-refractivity contribution in [1.82, 2.24) is 4.31 Å². The van der Waals surface area contributed by atoms with E-state index in [-0.39, 0.29) is 44.5 Å². The van der Waals surface area contributed by atoms with Crippen molar-refractivity contribution in [3.63, 3.8) is 0 Å². The number of carbonyl (C=O) groups excluding carboxylic acids is 1. The number of carboxylic acids is 1. The Hall–Kier alpha value is -4.60. The number of carboxylic acid groups (broad SMARTS) is 1. The maximum absolute atomic E-state index is 15.2. The Balaban J connectivity index is 1.38. The summed E-state index contributed by atoms with van der Waals surface area (Å²) < 4.78 is 122. The first kappa shape index (κ1) is 38.7. The molecule has 1 N–H and O–H groups in total. The zero-order valence-electron chi connectivity index (χ0n) is 29.1.